The molecule has 1 aromatic rings. The van der Waals surface area contributed by atoms with Crippen LogP contribution in [-0.4, -0.2) is 41.6 Å². The summed E-state index contributed by atoms with van der Waals surface area (Å²) in [5.74, 6) is 1.82. The molecule has 6 heteroatoms. The highest BCUT2D eigenvalue weighted by Gasteiger charge is 2.18. The molecule has 0 unspecified atom stereocenters. The zero-order valence-corrected chi connectivity index (χ0v) is 12.2. The molecule has 0 aliphatic heterocycles. The van der Waals surface area contributed by atoms with E-state index in [1.165, 1.54) is 0 Å². The van der Waals surface area contributed by atoms with Crippen LogP contribution in [0.5, 0.6) is 0 Å². The van der Waals surface area contributed by atoms with Gasteiger partial charge in [-0.05, 0) is 20.3 Å². The zero-order chi connectivity index (χ0) is 13.8. The maximum Gasteiger partial charge on any atom is 0.231 e. The summed E-state index contributed by atoms with van der Waals surface area (Å²) in [7, 11) is 5.63. The van der Waals surface area contributed by atoms with Gasteiger partial charge in [0.25, 0.3) is 0 Å². The van der Waals surface area contributed by atoms with Gasteiger partial charge in [-0.25, -0.2) is 0 Å². The summed E-state index contributed by atoms with van der Waals surface area (Å²) in [5.41, 5.74) is -0.0231. The highest BCUT2D eigenvalue weighted by molar-refractivity contribution is 5.43. The minimum atomic E-state index is -0.0231. The molecule has 6 nitrogen and oxygen atoms in total. The van der Waals surface area contributed by atoms with Crippen LogP contribution < -0.4 is 15.5 Å². The van der Waals surface area contributed by atoms with Crippen molar-refractivity contribution >= 4 is 17.8 Å². The Bertz CT molecular complexity index is 388. The molecule has 0 radical (unpaired) electrons. The van der Waals surface area contributed by atoms with Gasteiger partial charge in [0.1, 0.15) is 0 Å². The number of hydrogen-bond donors (Lipinski definition) is 2. The van der Waals surface area contributed by atoms with E-state index in [0.717, 1.165) is 12.8 Å². The smallest absolute Gasteiger partial charge is 0.231 e. The highest BCUT2D eigenvalue weighted by Crippen LogP contribution is 2.19. The topological polar surface area (TPSA) is 66.0 Å². The van der Waals surface area contributed by atoms with Crippen molar-refractivity contribution in [2.45, 2.75) is 39.2 Å². The first-order valence-corrected chi connectivity index (χ1v) is 6.27. The van der Waals surface area contributed by atoms with E-state index in [-0.39, 0.29) is 5.54 Å². The Hall–Kier alpha value is -1.59. The summed E-state index contributed by atoms with van der Waals surface area (Å²) in [6, 6.07) is 0. The van der Waals surface area contributed by atoms with Crippen molar-refractivity contribution in [1.82, 2.24) is 15.0 Å². The third kappa shape index (κ3) is 4.01. The number of aromatic nitrogens is 3. The molecule has 18 heavy (non-hydrogen) atoms. The quantitative estimate of drug-likeness (QED) is 0.807. The number of rotatable bonds is 6. The Labute approximate surface area is 109 Å². The molecule has 0 bridgehead atoms. The lowest BCUT2D eigenvalue weighted by Crippen LogP contribution is -2.32. The molecule has 0 saturated heterocycles. The van der Waals surface area contributed by atoms with Gasteiger partial charge in [0.05, 0.1) is 0 Å². The van der Waals surface area contributed by atoms with E-state index in [9.17, 15) is 0 Å². The molecule has 0 saturated carbocycles. The predicted molar refractivity (Wildman–Crippen MR) is 76.3 cm³/mol. The second-order valence-electron chi connectivity index (χ2n) is 5.19. The second-order valence-corrected chi connectivity index (χ2v) is 5.19. The van der Waals surface area contributed by atoms with E-state index in [4.69, 9.17) is 0 Å². The number of nitrogens with zero attached hydrogens (tertiary/aromatic N) is 4. The van der Waals surface area contributed by atoms with Crippen molar-refractivity contribution in [3.63, 3.8) is 0 Å². The largest absolute Gasteiger partial charge is 0.357 e. The molecule has 0 aromatic carbocycles. The molecule has 1 aromatic heterocycles. The van der Waals surface area contributed by atoms with Crippen LogP contribution in [0.3, 0.4) is 0 Å². The van der Waals surface area contributed by atoms with Gasteiger partial charge >= 0.3 is 0 Å². The van der Waals surface area contributed by atoms with Gasteiger partial charge in [-0.1, -0.05) is 13.3 Å². The summed E-state index contributed by atoms with van der Waals surface area (Å²) in [4.78, 5) is 14.9. The van der Waals surface area contributed by atoms with E-state index in [1.54, 1.807) is 7.05 Å². The Morgan fingerprint density at radius 3 is 2.22 bits per heavy atom. The molecular formula is C12H24N6. The van der Waals surface area contributed by atoms with Gasteiger partial charge in [0.15, 0.2) is 0 Å². The van der Waals surface area contributed by atoms with Crippen LogP contribution in [0.15, 0.2) is 0 Å². The fourth-order valence-electron chi connectivity index (χ4n) is 1.72. The van der Waals surface area contributed by atoms with Crippen molar-refractivity contribution in [3.8, 4) is 0 Å². The lowest BCUT2D eigenvalue weighted by molar-refractivity contribution is 0.506. The van der Waals surface area contributed by atoms with Gasteiger partial charge < -0.3 is 15.5 Å². The third-order valence-corrected chi connectivity index (χ3v) is 2.57. The van der Waals surface area contributed by atoms with Crippen molar-refractivity contribution in [2.75, 3.05) is 36.7 Å². The van der Waals surface area contributed by atoms with Crippen LogP contribution in [0.1, 0.15) is 33.6 Å². The zero-order valence-electron chi connectivity index (χ0n) is 12.2. The number of nitrogens with one attached hydrogen (secondary N) is 2. The Morgan fingerprint density at radius 1 is 1.11 bits per heavy atom. The average molecular weight is 252 g/mol. The summed E-state index contributed by atoms with van der Waals surface area (Å²) in [5, 5.41) is 6.31. The minimum Gasteiger partial charge on any atom is -0.357 e. The first-order chi connectivity index (χ1) is 8.38. The molecule has 0 fully saturated rings. The van der Waals surface area contributed by atoms with Crippen molar-refractivity contribution in [3.05, 3.63) is 0 Å². The number of anilines is 3. The van der Waals surface area contributed by atoms with Gasteiger partial charge in [-0.2, -0.15) is 15.0 Å². The molecule has 2 N–H and O–H groups in total. The summed E-state index contributed by atoms with van der Waals surface area (Å²) < 4.78 is 0. The predicted octanol–water partition coefficient (Wildman–Crippen LogP) is 1.97. The molecule has 1 heterocycles. The van der Waals surface area contributed by atoms with Gasteiger partial charge in [-0.3, -0.25) is 0 Å². The van der Waals surface area contributed by atoms with Crippen LogP contribution in [0.4, 0.5) is 17.8 Å². The van der Waals surface area contributed by atoms with Crippen LogP contribution in [0.25, 0.3) is 0 Å². The normalized spacial score (nSPS) is 11.2. The van der Waals surface area contributed by atoms with Crippen LogP contribution >= 0.6 is 0 Å². The van der Waals surface area contributed by atoms with E-state index < -0.39 is 0 Å². The molecule has 0 amide bonds. The maximum atomic E-state index is 4.40. The summed E-state index contributed by atoms with van der Waals surface area (Å²) in [6.07, 6.45) is 2.18. The van der Waals surface area contributed by atoms with Gasteiger partial charge in [0, 0.05) is 26.7 Å². The lowest BCUT2D eigenvalue weighted by atomic mass is 9.99. The van der Waals surface area contributed by atoms with E-state index in [1.807, 2.05) is 19.0 Å². The molecule has 0 atom stereocenters. The summed E-state index contributed by atoms with van der Waals surface area (Å²) >= 11 is 0. The molecule has 102 valence electrons. The molecule has 1 rings (SSSR count). The molecule has 0 aliphatic rings. The monoisotopic (exact) mass is 252 g/mol. The highest BCUT2D eigenvalue weighted by atomic mass is 15.3. The first kappa shape index (κ1) is 14.5. The van der Waals surface area contributed by atoms with Crippen LogP contribution in [-0.2, 0) is 0 Å². The maximum absolute atomic E-state index is 4.40. The number of hydrogen-bond acceptors (Lipinski definition) is 6. The van der Waals surface area contributed by atoms with E-state index in [0.29, 0.717) is 17.8 Å². The third-order valence-electron chi connectivity index (χ3n) is 2.57. The molecule has 0 aliphatic carbocycles. The first-order valence-electron chi connectivity index (χ1n) is 6.27. The fraction of sp³-hybridized carbons (Fsp3) is 0.750. The van der Waals surface area contributed by atoms with Gasteiger partial charge in [0.2, 0.25) is 17.8 Å². The fourth-order valence-corrected chi connectivity index (χ4v) is 1.72. The average Bonchev–Trinajstić information content (AvgIpc) is 2.27. The van der Waals surface area contributed by atoms with E-state index in [2.05, 4.69) is 46.4 Å². The molecule has 0 spiro atoms. The van der Waals surface area contributed by atoms with Gasteiger partial charge in [-0.15, -0.1) is 0 Å². The Kier molecular flexibility index (Phi) is 4.69. The molecular weight excluding hydrogens is 228 g/mol. The second kappa shape index (κ2) is 5.84. The lowest BCUT2D eigenvalue weighted by Gasteiger charge is -2.26. The Balaban J connectivity index is 2.97. The van der Waals surface area contributed by atoms with Crippen molar-refractivity contribution < 1.29 is 0 Å². The van der Waals surface area contributed by atoms with Crippen molar-refractivity contribution in [1.29, 1.82) is 0 Å². The van der Waals surface area contributed by atoms with Crippen molar-refractivity contribution in [2.24, 2.45) is 0 Å². The SMILES string of the molecule is CCCC(C)(C)Nc1nc(NC)nc(N(C)C)n1. The van der Waals surface area contributed by atoms with Crippen LogP contribution in [0, 0.1) is 0 Å². The van der Waals surface area contributed by atoms with Crippen LogP contribution in [0.2, 0.25) is 0 Å². The standard InChI is InChI=1S/C12H24N6/c1-7-8-12(2,3)17-10-14-9(13-4)15-11(16-10)18(5)6/h7-8H2,1-6H3,(H2,13,14,15,16,17). The summed E-state index contributed by atoms with van der Waals surface area (Å²) in [6.45, 7) is 6.46. The minimum absolute atomic E-state index is 0.0231. The van der Waals surface area contributed by atoms with E-state index >= 15 is 0 Å². The Morgan fingerprint density at radius 2 is 1.72 bits per heavy atom.